The zero-order valence-corrected chi connectivity index (χ0v) is 10.6. The van der Waals surface area contributed by atoms with Crippen LogP contribution in [-0.4, -0.2) is 18.7 Å². The molecule has 5 heteroatoms. The Hall–Kier alpha value is -1.10. The van der Waals surface area contributed by atoms with Crippen molar-refractivity contribution in [3.8, 4) is 5.75 Å². The minimum atomic E-state index is -0.522. The monoisotopic (exact) mass is 290 g/mol. The molecule has 0 aliphatic rings. The van der Waals surface area contributed by atoms with Crippen molar-refractivity contribution in [3.63, 3.8) is 0 Å². The predicted octanol–water partition coefficient (Wildman–Crippen LogP) is 2.92. The van der Waals surface area contributed by atoms with Gasteiger partial charge in [0.1, 0.15) is 0 Å². The maximum Gasteiger partial charge on any atom is 0.344 e. The van der Waals surface area contributed by atoms with E-state index >= 15 is 0 Å². The van der Waals surface area contributed by atoms with Gasteiger partial charge in [0, 0.05) is 4.47 Å². The fourth-order valence-electron chi connectivity index (χ4n) is 1.03. The lowest BCUT2D eigenvalue weighted by atomic mass is 10.3. The van der Waals surface area contributed by atoms with Crippen molar-refractivity contribution >= 4 is 21.9 Å². The van der Waals surface area contributed by atoms with E-state index in [4.69, 9.17) is 9.47 Å². The highest BCUT2D eigenvalue weighted by Crippen LogP contribution is 2.21. The molecule has 0 saturated carbocycles. The Morgan fingerprint density at radius 1 is 1.50 bits per heavy atom. The van der Waals surface area contributed by atoms with Gasteiger partial charge in [-0.15, -0.1) is 0 Å². The second-order valence-corrected chi connectivity index (χ2v) is 4.32. The van der Waals surface area contributed by atoms with E-state index in [1.165, 1.54) is 12.1 Å². The maximum absolute atomic E-state index is 13.3. The van der Waals surface area contributed by atoms with Gasteiger partial charge < -0.3 is 9.47 Å². The summed E-state index contributed by atoms with van der Waals surface area (Å²) in [5.41, 5.74) is 0. The number of esters is 1. The molecule has 0 spiro atoms. The van der Waals surface area contributed by atoms with Gasteiger partial charge in [-0.1, -0.05) is 15.9 Å². The molecular formula is C11H12BrFO3. The normalized spacial score (nSPS) is 10.3. The summed E-state index contributed by atoms with van der Waals surface area (Å²) in [6, 6.07) is 4.34. The quantitative estimate of drug-likeness (QED) is 0.800. The average molecular weight is 291 g/mol. The molecule has 0 aliphatic carbocycles. The predicted molar refractivity (Wildman–Crippen MR) is 60.8 cm³/mol. The molecule has 0 radical (unpaired) electrons. The molecule has 1 aromatic carbocycles. The van der Waals surface area contributed by atoms with E-state index < -0.39 is 11.8 Å². The molecule has 0 bridgehead atoms. The molecule has 0 fully saturated rings. The van der Waals surface area contributed by atoms with Crippen LogP contribution in [-0.2, 0) is 9.53 Å². The van der Waals surface area contributed by atoms with Crippen LogP contribution in [0.1, 0.15) is 13.8 Å². The van der Waals surface area contributed by atoms with Crippen LogP contribution in [0.2, 0.25) is 0 Å². The van der Waals surface area contributed by atoms with Gasteiger partial charge in [-0.25, -0.2) is 9.18 Å². The zero-order valence-electron chi connectivity index (χ0n) is 9.00. The molecule has 0 saturated heterocycles. The molecule has 16 heavy (non-hydrogen) atoms. The summed E-state index contributed by atoms with van der Waals surface area (Å²) < 4.78 is 23.7. The van der Waals surface area contributed by atoms with Crippen molar-refractivity contribution in [2.24, 2.45) is 0 Å². The molecule has 1 aromatic rings. The summed E-state index contributed by atoms with van der Waals surface area (Å²) in [5.74, 6) is -1.01. The van der Waals surface area contributed by atoms with Crippen molar-refractivity contribution in [3.05, 3.63) is 28.5 Å². The Morgan fingerprint density at radius 2 is 2.19 bits per heavy atom. The third-order valence-electron chi connectivity index (χ3n) is 1.61. The Morgan fingerprint density at radius 3 is 2.75 bits per heavy atom. The van der Waals surface area contributed by atoms with Crippen molar-refractivity contribution < 1.29 is 18.7 Å². The second kappa shape index (κ2) is 5.84. The van der Waals surface area contributed by atoms with E-state index in [1.54, 1.807) is 19.9 Å². The average Bonchev–Trinajstić information content (AvgIpc) is 2.15. The summed E-state index contributed by atoms with van der Waals surface area (Å²) in [7, 11) is 0. The number of halogens is 2. The summed E-state index contributed by atoms with van der Waals surface area (Å²) in [6.45, 7) is 3.17. The number of hydrogen-bond acceptors (Lipinski definition) is 3. The number of carbonyl (C=O) groups excluding carboxylic acids is 1. The van der Waals surface area contributed by atoms with Gasteiger partial charge in [-0.3, -0.25) is 0 Å². The first-order chi connectivity index (χ1) is 7.49. The number of ether oxygens (including phenoxy) is 2. The first-order valence-corrected chi connectivity index (χ1v) is 5.55. The van der Waals surface area contributed by atoms with Crippen molar-refractivity contribution in [2.45, 2.75) is 20.0 Å². The largest absolute Gasteiger partial charge is 0.479 e. The van der Waals surface area contributed by atoms with Gasteiger partial charge in [0.25, 0.3) is 0 Å². The van der Waals surface area contributed by atoms with Gasteiger partial charge in [0.2, 0.25) is 0 Å². The Balaban J connectivity index is 2.51. The SMILES string of the molecule is CC(C)OC(=O)COc1ccc(Br)cc1F. The number of rotatable bonds is 4. The van der Waals surface area contributed by atoms with Crippen molar-refractivity contribution in [2.75, 3.05) is 6.61 Å². The molecule has 1 rings (SSSR count). The second-order valence-electron chi connectivity index (χ2n) is 3.40. The smallest absolute Gasteiger partial charge is 0.344 e. The zero-order chi connectivity index (χ0) is 12.1. The standard InChI is InChI=1S/C11H12BrFO3/c1-7(2)16-11(14)6-15-10-4-3-8(12)5-9(10)13/h3-5,7H,6H2,1-2H3. The minimum Gasteiger partial charge on any atom is -0.479 e. The first kappa shape index (κ1) is 13.0. The van der Waals surface area contributed by atoms with Crippen LogP contribution in [0.3, 0.4) is 0 Å². The van der Waals surface area contributed by atoms with Crippen molar-refractivity contribution in [1.29, 1.82) is 0 Å². The van der Waals surface area contributed by atoms with Crippen LogP contribution in [0.4, 0.5) is 4.39 Å². The molecular weight excluding hydrogens is 279 g/mol. The van der Waals surface area contributed by atoms with Gasteiger partial charge in [0.05, 0.1) is 6.10 Å². The summed E-state index contributed by atoms with van der Waals surface area (Å²) >= 11 is 3.12. The molecule has 0 aromatic heterocycles. The third kappa shape index (κ3) is 4.18. The van der Waals surface area contributed by atoms with Crippen molar-refractivity contribution in [1.82, 2.24) is 0 Å². The van der Waals surface area contributed by atoms with Crippen LogP contribution in [0.25, 0.3) is 0 Å². The minimum absolute atomic E-state index is 0.0314. The van der Waals surface area contributed by atoms with E-state index in [9.17, 15) is 9.18 Å². The Kier molecular flexibility index (Phi) is 4.73. The van der Waals surface area contributed by atoms with Gasteiger partial charge in [-0.05, 0) is 32.0 Å². The molecule has 0 aliphatic heterocycles. The van der Waals surface area contributed by atoms with E-state index in [-0.39, 0.29) is 18.5 Å². The highest BCUT2D eigenvalue weighted by Gasteiger charge is 2.09. The summed E-state index contributed by atoms with van der Waals surface area (Å²) in [6.07, 6.45) is -0.203. The molecule has 0 heterocycles. The number of benzene rings is 1. The lowest BCUT2D eigenvalue weighted by Crippen LogP contribution is -2.19. The van der Waals surface area contributed by atoms with Crippen LogP contribution in [0.5, 0.6) is 5.75 Å². The molecule has 0 atom stereocenters. The van der Waals surface area contributed by atoms with E-state index in [2.05, 4.69) is 15.9 Å². The molecule has 0 unspecified atom stereocenters. The van der Waals surface area contributed by atoms with Gasteiger partial charge in [0.15, 0.2) is 18.2 Å². The van der Waals surface area contributed by atoms with E-state index in [0.29, 0.717) is 4.47 Å². The fraction of sp³-hybridized carbons (Fsp3) is 0.364. The lowest BCUT2D eigenvalue weighted by Gasteiger charge is -2.09. The van der Waals surface area contributed by atoms with Crippen LogP contribution < -0.4 is 4.74 Å². The third-order valence-corrected chi connectivity index (χ3v) is 2.10. The van der Waals surface area contributed by atoms with Crippen LogP contribution in [0.15, 0.2) is 22.7 Å². The number of carbonyl (C=O) groups is 1. The number of hydrogen-bond donors (Lipinski definition) is 0. The van der Waals surface area contributed by atoms with Crippen LogP contribution >= 0.6 is 15.9 Å². The Bertz CT molecular complexity index is 379. The summed E-state index contributed by atoms with van der Waals surface area (Å²) in [4.78, 5) is 11.1. The highest BCUT2D eigenvalue weighted by molar-refractivity contribution is 9.10. The van der Waals surface area contributed by atoms with Crippen LogP contribution in [0, 0.1) is 5.82 Å². The van der Waals surface area contributed by atoms with Gasteiger partial charge >= 0.3 is 5.97 Å². The van der Waals surface area contributed by atoms with E-state index in [1.807, 2.05) is 0 Å². The molecule has 88 valence electrons. The Labute approximate surface area is 102 Å². The first-order valence-electron chi connectivity index (χ1n) is 4.76. The van der Waals surface area contributed by atoms with E-state index in [0.717, 1.165) is 0 Å². The van der Waals surface area contributed by atoms with Gasteiger partial charge in [-0.2, -0.15) is 0 Å². The molecule has 0 N–H and O–H groups in total. The molecule has 3 nitrogen and oxygen atoms in total. The maximum atomic E-state index is 13.3. The molecule has 0 amide bonds. The lowest BCUT2D eigenvalue weighted by molar-refractivity contribution is -0.149. The highest BCUT2D eigenvalue weighted by atomic mass is 79.9. The summed E-state index contributed by atoms with van der Waals surface area (Å²) in [5, 5.41) is 0. The topological polar surface area (TPSA) is 35.5 Å². The fourth-order valence-corrected chi connectivity index (χ4v) is 1.36.